The van der Waals surface area contributed by atoms with Gasteiger partial charge in [0.25, 0.3) is 5.56 Å². The molecule has 32 heavy (non-hydrogen) atoms. The Morgan fingerprint density at radius 2 is 2.09 bits per heavy atom. The van der Waals surface area contributed by atoms with E-state index in [-0.39, 0.29) is 31.2 Å². The van der Waals surface area contributed by atoms with Gasteiger partial charge in [-0.05, 0) is 43.4 Å². The third-order valence-electron chi connectivity index (χ3n) is 7.06. The minimum absolute atomic E-state index is 0.160. The van der Waals surface area contributed by atoms with Crippen molar-refractivity contribution < 1.29 is 23.1 Å². The van der Waals surface area contributed by atoms with E-state index in [1.165, 1.54) is 0 Å². The molecule has 1 saturated heterocycles. The van der Waals surface area contributed by atoms with E-state index in [9.17, 15) is 27.9 Å². The van der Waals surface area contributed by atoms with Gasteiger partial charge in [-0.1, -0.05) is 13.0 Å². The molecule has 6 nitrogen and oxygen atoms in total. The van der Waals surface area contributed by atoms with Gasteiger partial charge in [-0.2, -0.15) is 13.2 Å². The topological polar surface area (TPSA) is 74.6 Å². The molecule has 4 atom stereocenters. The molecule has 2 aliphatic heterocycles. The standard InChI is InChI=1S/C23H30F3N3O3/c1-2-10-27-21(31)19-16(13-30)18-12-29-17(20(19)28(18)11-9-23(24,25)26)8-7-15(22(29)32)14-5-3-4-6-14/h5,7-8,16,18-20,30H,2-4,6,9-13H2,1H3,(H,27,31)/t16-,18-,19+,20+/m0/s1. The summed E-state index contributed by atoms with van der Waals surface area (Å²) < 4.78 is 40.8. The highest BCUT2D eigenvalue weighted by Gasteiger charge is 2.56. The van der Waals surface area contributed by atoms with Crippen molar-refractivity contribution in [1.82, 2.24) is 14.8 Å². The van der Waals surface area contributed by atoms with E-state index in [4.69, 9.17) is 0 Å². The molecule has 3 aliphatic rings. The van der Waals surface area contributed by atoms with E-state index in [1.54, 1.807) is 21.6 Å². The first-order valence-electron chi connectivity index (χ1n) is 11.4. The smallest absolute Gasteiger partial charge is 0.390 e. The molecule has 1 amide bonds. The highest BCUT2D eigenvalue weighted by molar-refractivity contribution is 5.80. The number of allylic oxidation sites excluding steroid dienone is 2. The SMILES string of the molecule is CCCNC(=O)[C@@H]1[C@@H](CO)[C@@H]2Cn3c(ccc(C4=CCCC4)c3=O)[C@H]1N2CCC(F)(F)F. The first-order chi connectivity index (χ1) is 15.3. The predicted octanol–water partition coefficient (Wildman–Crippen LogP) is 2.86. The van der Waals surface area contributed by atoms with Crippen LogP contribution in [0.1, 0.15) is 56.3 Å². The van der Waals surface area contributed by atoms with Gasteiger partial charge in [0.15, 0.2) is 0 Å². The summed E-state index contributed by atoms with van der Waals surface area (Å²) in [5, 5.41) is 13.0. The zero-order valence-corrected chi connectivity index (χ0v) is 18.2. The highest BCUT2D eigenvalue weighted by Crippen LogP contribution is 2.48. The van der Waals surface area contributed by atoms with E-state index >= 15 is 0 Å². The van der Waals surface area contributed by atoms with Crippen molar-refractivity contribution >= 4 is 11.5 Å². The van der Waals surface area contributed by atoms with Gasteiger partial charge in [0.1, 0.15) is 0 Å². The first kappa shape index (κ1) is 23.0. The van der Waals surface area contributed by atoms with Crippen molar-refractivity contribution in [3.63, 3.8) is 0 Å². The number of aliphatic hydroxyl groups is 1. The molecule has 1 fully saturated rings. The molecule has 2 N–H and O–H groups in total. The van der Waals surface area contributed by atoms with Crippen LogP contribution in [0.2, 0.25) is 0 Å². The zero-order valence-electron chi connectivity index (χ0n) is 18.2. The van der Waals surface area contributed by atoms with Crippen molar-refractivity contribution in [2.75, 3.05) is 19.7 Å². The molecule has 1 aromatic heterocycles. The third kappa shape index (κ3) is 4.12. The maximum absolute atomic E-state index is 13.3. The number of pyridine rings is 1. The summed E-state index contributed by atoms with van der Waals surface area (Å²) >= 11 is 0. The summed E-state index contributed by atoms with van der Waals surface area (Å²) in [5.74, 6) is -1.54. The summed E-state index contributed by atoms with van der Waals surface area (Å²) in [6.07, 6.45) is 0.219. The predicted molar refractivity (Wildman–Crippen MR) is 114 cm³/mol. The molecule has 0 unspecified atom stereocenters. The van der Waals surface area contributed by atoms with Crippen molar-refractivity contribution in [2.24, 2.45) is 11.8 Å². The Hall–Kier alpha value is -2.13. The van der Waals surface area contributed by atoms with Crippen molar-refractivity contribution in [2.45, 2.75) is 63.8 Å². The van der Waals surface area contributed by atoms with Crippen LogP contribution in [0.3, 0.4) is 0 Å². The van der Waals surface area contributed by atoms with Crippen molar-refractivity contribution in [3.8, 4) is 0 Å². The number of hydrogen-bond acceptors (Lipinski definition) is 4. The number of nitrogens with zero attached hydrogens (tertiary/aromatic N) is 2. The molecule has 4 rings (SSSR count). The minimum atomic E-state index is -4.33. The van der Waals surface area contributed by atoms with Crippen LogP contribution in [0.15, 0.2) is 23.0 Å². The zero-order chi connectivity index (χ0) is 23.0. The second kappa shape index (κ2) is 9.02. The number of alkyl halides is 3. The summed E-state index contributed by atoms with van der Waals surface area (Å²) in [5.41, 5.74) is 2.03. The van der Waals surface area contributed by atoms with E-state index < -0.39 is 36.5 Å². The van der Waals surface area contributed by atoms with Crippen LogP contribution in [-0.2, 0) is 11.3 Å². The van der Waals surface area contributed by atoms with Gasteiger partial charge in [0.2, 0.25) is 5.91 Å². The largest absolute Gasteiger partial charge is 0.396 e. The summed E-state index contributed by atoms with van der Waals surface area (Å²) in [6.45, 7) is 1.95. The fourth-order valence-electron chi connectivity index (χ4n) is 5.61. The Morgan fingerprint density at radius 3 is 2.72 bits per heavy atom. The Morgan fingerprint density at radius 1 is 1.31 bits per heavy atom. The number of rotatable bonds is 7. The highest BCUT2D eigenvalue weighted by atomic mass is 19.4. The third-order valence-corrected chi connectivity index (χ3v) is 7.06. The van der Waals surface area contributed by atoms with Gasteiger partial charge in [0.05, 0.1) is 18.4 Å². The summed E-state index contributed by atoms with van der Waals surface area (Å²) in [4.78, 5) is 28.1. The number of fused-ring (bicyclic) bond motifs is 4. The lowest BCUT2D eigenvalue weighted by Crippen LogP contribution is -2.47. The molecule has 0 radical (unpaired) electrons. The van der Waals surface area contributed by atoms with Gasteiger partial charge in [-0.15, -0.1) is 0 Å². The van der Waals surface area contributed by atoms with E-state index in [0.717, 1.165) is 31.3 Å². The molecule has 1 aliphatic carbocycles. The normalized spacial score (nSPS) is 27.3. The molecule has 0 saturated carbocycles. The Bertz CT molecular complexity index is 956. The monoisotopic (exact) mass is 453 g/mol. The molecule has 0 aromatic carbocycles. The second-order valence-electron chi connectivity index (χ2n) is 8.99. The molecule has 2 bridgehead atoms. The summed E-state index contributed by atoms with van der Waals surface area (Å²) in [6, 6.07) is 2.35. The number of carbonyl (C=O) groups is 1. The molecule has 0 spiro atoms. The number of hydrogen-bond donors (Lipinski definition) is 2. The molecule has 3 heterocycles. The van der Waals surface area contributed by atoms with E-state index in [2.05, 4.69) is 11.4 Å². The average Bonchev–Trinajstić information content (AvgIpc) is 3.35. The second-order valence-corrected chi connectivity index (χ2v) is 8.99. The number of halogens is 3. The van der Waals surface area contributed by atoms with Crippen LogP contribution in [0.25, 0.3) is 5.57 Å². The fourth-order valence-corrected chi connectivity index (χ4v) is 5.61. The lowest BCUT2D eigenvalue weighted by Gasteiger charge is -2.38. The molecular weight excluding hydrogens is 423 g/mol. The number of aromatic nitrogens is 1. The van der Waals surface area contributed by atoms with Gasteiger partial charge in [-0.25, -0.2) is 0 Å². The van der Waals surface area contributed by atoms with Gasteiger partial charge in [-0.3, -0.25) is 14.5 Å². The van der Waals surface area contributed by atoms with Crippen LogP contribution in [0, 0.1) is 11.8 Å². The Kier molecular flexibility index (Phi) is 6.49. The molecule has 1 aromatic rings. The molecule has 9 heteroatoms. The Labute approximate surface area is 185 Å². The van der Waals surface area contributed by atoms with Crippen LogP contribution in [0.4, 0.5) is 13.2 Å². The molecular formula is C23H30F3N3O3. The lowest BCUT2D eigenvalue weighted by atomic mass is 9.86. The van der Waals surface area contributed by atoms with Crippen LogP contribution >= 0.6 is 0 Å². The fraction of sp³-hybridized carbons (Fsp3) is 0.652. The number of aliphatic hydroxyl groups excluding tert-OH is 1. The lowest BCUT2D eigenvalue weighted by molar-refractivity contribution is -0.140. The van der Waals surface area contributed by atoms with Crippen LogP contribution in [-0.4, -0.2) is 52.4 Å². The Balaban J connectivity index is 1.77. The van der Waals surface area contributed by atoms with Gasteiger partial charge in [0, 0.05) is 49.5 Å². The average molecular weight is 454 g/mol. The molecule has 176 valence electrons. The quantitative estimate of drug-likeness (QED) is 0.666. The van der Waals surface area contributed by atoms with Crippen LogP contribution < -0.4 is 10.9 Å². The number of carbonyl (C=O) groups excluding carboxylic acids is 1. The van der Waals surface area contributed by atoms with E-state index in [1.807, 2.05) is 6.92 Å². The van der Waals surface area contributed by atoms with Gasteiger partial charge < -0.3 is 15.0 Å². The van der Waals surface area contributed by atoms with Crippen molar-refractivity contribution in [1.29, 1.82) is 0 Å². The van der Waals surface area contributed by atoms with Crippen molar-refractivity contribution in [3.05, 3.63) is 39.8 Å². The first-order valence-corrected chi connectivity index (χ1v) is 11.4. The van der Waals surface area contributed by atoms with Crippen LogP contribution in [0.5, 0.6) is 0 Å². The van der Waals surface area contributed by atoms with Gasteiger partial charge >= 0.3 is 6.18 Å². The minimum Gasteiger partial charge on any atom is -0.396 e. The number of amides is 1. The summed E-state index contributed by atoms with van der Waals surface area (Å²) in [7, 11) is 0. The maximum Gasteiger partial charge on any atom is 0.390 e. The maximum atomic E-state index is 13.3. The number of nitrogens with one attached hydrogen (secondary N) is 1. The van der Waals surface area contributed by atoms with E-state index in [0.29, 0.717) is 17.8 Å².